The number of hydrogen-bond donors (Lipinski definition) is 0. The summed E-state index contributed by atoms with van der Waals surface area (Å²) in [6, 6.07) is 8.40. The van der Waals surface area contributed by atoms with Crippen LogP contribution in [0.25, 0.3) is 0 Å². The Bertz CT molecular complexity index is 545. The second-order valence-corrected chi connectivity index (χ2v) is 4.71. The Balaban J connectivity index is 1.76. The highest BCUT2D eigenvalue weighted by molar-refractivity contribution is 5.40. The van der Waals surface area contributed by atoms with Crippen LogP contribution in [0.3, 0.4) is 0 Å². The van der Waals surface area contributed by atoms with E-state index in [1.807, 2.05) is 16.9 Å². The van der Waals surface area contributed by atoms with E-state index in [-0.39, 0.29) is 6.10 Å². The van der Waals surface area contributed by atoms with E-state index in [0.717, 1.165) is 18.7 Å². The number of ether oxygens (including phenoxy) is 1. The molecule has 0 saturated heterocycles. The summed E-state index contributed by atoms with van der Waals surface area (Å²) < 4.78 is 7.93. The average molecular weight is 228 g/mol. The van der Waals surface area contributed by atoms with Gasteiger partial charge in [-0.15, -0.1) is 0 Å². The van der Waals surface area contributed by atoms with Crippen LogP contribution in [0.15, 0.2) is 30.5 Å². The smallest absolute Gasteiger partial charge is 0.123 e. The average Bonchev–Trinajstić information content (AvgIpc) is 2.85. The number of hydrogen-bond acceptors (Lipinski definition) is 2. The Kier molecular flexibility index (Phi) is 2.39. The fraction of sp³-hybridized carbons (Fsp3) is 0.357. The standard InChI is InChI=1S/C14H16N2O/c1-10-3-4-14-12(7-10)8-13(17-14)9-16-11(2)5-6-15-16/h3-7,13H,8-9H2,1-2H3. The molecule has 0 bridgehead atoms. The molecule has 88 valence electrons. The Labute approximate surface area is 101 Å². The Morgan fingerprint density at radius 3 is 3.00 bits per heavy atom. The van der Waals surface area contributed by atoms with Crippen LogP contribution >= 0.6 is 0 Å². The van der Waals surface area contributed by atoms with Crippen molar-refractivity contribution in [3.63, 3.8) is 0 Å². The quantitative estimate of drug-likeness (QED) is 0.789. The maximum Gasteiger partial charge on any atom is 0.123 e. The van der Waals surface area contributed by atoms with Gasteiger partial charge in [0, 0.05) is 18.3 Å². The van der Waals surface area contributed by atoms with Gasteiger partial charge in [0.15, 0.2) is 0 Å². The summed E-state index contributed by atoms with van der Waals surface area (Å²) >= 11 is 0. The molecule has 1 aromatic carbocycles. The van der Waals surface area contributed by atoms with Crippen LogP contribution in [0.5, 0.6) is 5.75 Å². The summed E-state index contributed by atoms with van der Waals surface area (Å²) in [5.74, 6) is 1.03. The van der Waals surface area contributed by atoms with Crippen LogP contribution in [0, 0.1) is 13.8 Å². The van der Waals surface area contributed by atoms with Crippen LogP contribution < -0.4 is 4.74 Å². The monoisotopic (exact) mass is 228 g/mol. The topological polar surface area (TPSA) is 27.1 Å². The minimum atomic E-state index is 0.213. The third-order valence-corrected chi connectivity index (χ3v) is 3.26. The summed E-state index contributed by atoms with van der Waals surface area (Å²) in [4.78, 5) is 0. The van der Waals surface area contributed by atoms with Gasteiger partial charge in [-0.25, -0.2) is 0 Å². The molecule has 0 fully saturated rings. The number of fused-ring (bicyclic) bond motifs is 1. The number of nitrogens with zero attached hydrogens (tertiary/aromatic N) is 2. The van der Waals surface area contributed by atoms with Crippen molar-refractivity contribution in [1.29, 1.82) is 0 Å². The highest BCUT2D eigenvalue weighted by Crippen LogP contribution is 2.30. The molecule has 0 radical (unpaired) electrons. The first-order valence-electron chi connectivity index (χ1n) is 5.97. The predicted molar refractivity (Wildman–Crippen MR) is 66.3 cm³/mol. The lowest BCUT2D eigenvalue weighted by Gasteiger charge is -2.11. The maximum absolute atomic E-state index is 5.93. The molecule has 17 heavy (non-hydrogen) atoms. The number of aromatic nitrogens is 2. The van der Waals surface area contributed by atoms with E-state index in [4.69, 9.17) is 4.74 Å². The zero-order chi connectivity index (χ0) is 11.8. The molecule has 2 aromatic rings. The minimum absolute atomic E-state index is 0.213. The Hall–Kier alpha value is -1.77. The van der Waals surface area contributed by atoms with Crippen LogP contribution in [-0.4, -0.2) is 15.9 Å². The van der Waals surface area contributed by atoms with Crippen molar-refractivity contribution in [3.05, 3.63) is 47.3 Å². The molecular weight excluding hydrogens is 212 g/mol. The fourth-order valence-electron chi connectivity index (χ4n) is 2.33. The molecule has 1 unspecified atom stereocenters. The lowest BCUT2D eigenvalue weighted by molar-refractivity contribution is 0.202. The fourth-order valence-corrected chi connectivity index (χ4v) is 2.33. The van der Waals surface area contributed by atoms with E-state index >= 15 is 0 Å². The van der Waals surface area contributed by atoms with Crippen molar-refractivity contribution in [3.8, 4) is 5.75 Å². The molecular formula is C14H16N2O. The lowest BCUT2D eigenvalue weighted by Crippen LogP contribution is -2.22. The summed E-state index contributed by atoms with van der Waals surface area (Å²) in [5.41, 5.74) is 3.80. The van der Waals surface area contributed by atoms with Gasteiger partial charge in [-0.3, -0.25) is 4.68 Å². The van der Waals surface area contributed by atoms with Crippen molar-refractivity contribution in [2.75, 3.05) is 0 Å². The zero-order valence-corrected chi connectivity index (χ0v) is 10.2. The largest absolute Gasteiger partial charge is 0.488 e. The molecule has 3 heteroatoms. The first kappa shape index (κ1) is 10.4. The molecule has 0 spiro atoms. The van der Waals surface area contributed by atoms with Gasteiger partial charge < -0.3 is 4.74 Å². The normalized spacial score (nSPS) is 17.9. The molecule has 1 atom stereocenters. The zero-order valence-electron chi connectivity index (χ0n) is 10.2. The highest BCUT2D eigenvalue weighted by atomic mass is 16.5. The minimum Gasteiger partial charge on any atom is -0.488 e. The van der Waals surface area contributed by atoms with Gasteiger partial charge in [-0.2, -0.15) is 5.10 Å². The van der Waals surface area contributed by atoms with Gasteiger partial charge in [-0.1, -0.05) is 17.7 Å². The Morgan fingerprint density at radius 1 is 1.35 bits per heavy atom. The van der Waals surface area contributed by atoms with Crippen molar-refractivity contribution in [2.24, 2.45) is 0 Å². The number of benzene rings is 1. The van der Waals surface area contributed by atoms with E-state index in [2.05, 4.69) is 37.1 Å². The highest BCUT2D eigenvalue weighted by Gasteiger charge is 2.23. The van der Waals surface area contributed by atoms with E-state index < -0.39 is 0 Å². The SMILES string of the molecule is Cc1ccc2c(c1)CC(Cn1nccc1C)O2. The van der Waals surface area contributed by atoms with Gasteiger partial charge in [0.05, 0.1) is 6.54 Å². The molecule has 0 saturated carbocycles. The second kappa shape index (κ2) is 3.91. The molecule has 1 aliphatic rings. The molecule has 3 nitrogen and oxygen atoms in total. The number of aryl methyl sites for hydroxylation is 2. The second-order valence-electron chi connectivity index (χ2n) is 4.71. The van der Waals surface area contributed by atoms with Crippen LogP contribution in [0.4, 0.5) is 0 Å². The third-order valence-electron chi connectivity index (χ3n) is 3.26. The maximum atomic E-state index is 5.93. The van der Waals surface area contributed by atoms with Crippen molar-refractivity contribution < 1.29 is 4.74 Å². The predicted octanol–water partition coefficient (Wildman–Crippen LogP) is 2.50. The lowest BCUT2D eigenvalue weighted by atomic mass is 10.1. The van der Waals surface area contributed by atoms with Gasteiger partial charge in [-0.05, 0) is 31.5 Å². The van der Waals surface area contributed by atoms with Gasteiger partial charge in [0.25, 0.3) is 0 Å². The van der Waals surface area contributed by atoms with Gasteiger partial charge in [0.2, 0.25) is 0 Å². The van der Waals surface area contributed by atoms with Crippen LogP contribution in [0.1, 0.15) is 16.8 Å². The summed E-state index contributed by atoms with van der Waals surface area (Å²) in [7, 11) is 0. The molecule has 2 heterocycles. The molecule has 1 aromatic heterocycles. The van der Waals surface area contributed by atoms with Crippen molar-refractivity contribution in [2.45, 2.75) is 32.9 Å². The van der Waals surface area contributed by atoms with Gasteiger partial charge >= 0.3 is 0 Å². The first-order valence-corrected chi connectivity index (χ1v) is 5.97. The molecule has 0 N–H and O–H groups in total. The van der Waals surface area contributed by atoms with Gasteiger partial charge in [0.1, 0.15) is 11.9 Å². The summed E-state index contributed by atoms with van der Waals surface area (Å²) in [6.45, 7) is 5.01. The van der Waals surface area contributed by atoms with Crippen molar-refractivity contribution >= 4 is 0 Å². The first-order chi connectivity index (χ1) is 8.22. The van der Waals surface area contributed by atoms with Crippen molar-refractivity contribution in [1.82, 2.24) is 9.78 Å². The van der Waals surface area contributed by atoms with E-state index in [9.17, 15) is 0 Å². The molecule has 3 rings (SSSR count). The van der Waals surface area contributed by atoms with E-state index in [1.165, 1.54) is 16.8 Å². The molecule has 0 amide bonds. The number of rotatable bonds is 2. The molecule has 0 aliphatic carbocycles. The summed E-state index contributed by atoms with van der Waals surface area (Å²) in [5, 5.41) is 4.30. The summed E-state index contributed by atoms with van der Waals surface area (Å²) in [6.07, 6.45) is 3.03. The van der Waals surface area contributed by atoms with Crippen LogP contribution in [-0.2, 0) is 13.0 Å². The van der Waals surface area contributed by atoms with E-state index in [0.29, 0.717) is 0 Å². The molecule has 1 aliphatic heterocycles. The third kappa shape index (κ3) is 1.93. The van der Waals surface area contributed by atoms with Crippen LogP contribution in [0.2, 0.25) is 0 Å². The Morgan fingerprint density at radius 2 is 2.24 bits per heavy atom. The van der Waals surface area contributed by atoms with E-state index in [1.54, 1.807) is 0 Å².